The molecule has 0 bridgehead atoms. The molecule has 0 aliphatic rings. The number of thioether (sulfide) groups is 1. The number of hydrogen-bond donors (Lipinski definition) is 1. The molecule has 0 spiro atoms. The van der Waals surface area contributed by atoms with Crippen LogP contribution in [0.4, 0.5) is 4.39 Å². The van der Waals surface area contributed by atoms with Gasteiger partial charge in [0.25, 0.3) is 0 Å². The highest BCUT2D eigenvalue weighted by Crippen LogP contribution is 2.21. The third-order valence-corrected chi connectivity index (χ3v) is 3.06. The lowest BCUT2D eigenvalue weighted by Crippen LogP contribution is -2.24. The Hall–Kier alpha value is -1.29. The summed E-state index contributed by atoms with van der Waals surface area (Å²) in [5, 5.41) is 2.74. The molecule has 1 aromatic rings. The first-order chi connectivity index (χ1) is 8.09. The van der Waals surface area contributed by atoms with Crippen molar-refractivity contribution in [1.82, 2.24) is 5.32 Å². The first-order valence-corrected chi connectivity index (χ1v) is 6.36. The molecule has 0 unspecified atom stereocenters. The summed E-state index contributed by atoms with van der Waals surface area (Å²) in [4.78, 5) is 11.9. The van der Waals surface area contributed by atoms with Crippen molar-refractivity contribution in [2.75, 3.05) is 12.3 Å². The van der Waals surface area contributed by atoms with Crippen LogP contribution < -0.4 is 5.32 Å². The summed E-state index contributed by atoms with van der Waals surface area (Å²) in [5.41, 5.74) is 0.917. The molecule has 2 nitrogen and oxygen atoms in total. The number of rotatable bonds is 6. The number of nitrogens with one attached hydrogen (secondary N) is 1. The van der Waals surface area contributed by atoms with Gasteiger partial charge in [0, 0.05) is 23.6 Å². The Labute approximate surface area is 105 Å². The zero-order valence-corrected chi connectivity index (χ0v) is 10.6. The lowest BCUT2D eigenvalue weighted by molar-refractivity contribution is -0.120. The zero-order valence-electron chi connectivity index (χ0n) is 9.83. The van der Waals surface area contributed by atoms with Crippen LogP contribution in [-0.2, 0) is 4.79 Å². The second kappa shape index (κ2) is 7.12. The molecule has 0 aliphatic heterocycles. The van der Waals surface area contributed by atoms with E-state index >= 15 is 0 Å². The molecule has 0 atom stereocenters. The van der Waals surface area contributed by atoms with Crippen molar-refractivity contribution < 1.29 is 9.18 Å². The number of benzene rings is 1. The van der Waals surface area contributed by atoms with Crippen LogP contribution >= 0.6 is 11.8 Å². The molecular weight excluding hydrogens is 237 g/mol. The number of hydrogen-bond acceptors (Lipinski definition) is 2. The third kappa shape index (κ3) is 5.54. The van der Waals surface area contributed by atoms with Crippen molar-refractivity contribution in [2.24, 2.45) is 0 Å². The Kier molecular flexibility index (Phi) is 5.77. The van der Waals surface area contributed by atoms with Gasteiger partial charge in [0.2, 0.25) is 5.91 Å². The second-order valence-electron chi connectivity index (χ2n) is 3.76. The molecule has 1 N–H and O–H groups in total. The third-order valence-electron chi connectivity index (χ3n) is 2.01. The fourth-order valence-corrected chi connectivity index (χ4v) is 2.04. The molecular formula is C13H16FNOS. The topological polar surface area (TPSA) is 29.1 Å². The van der Waals surface area contributed by atoms with E-state index in [2.05, 4.69) is 11.9 Å². The van der Waals surface area contributed by atoms with E-state index in [1.54, 1.807) is 18.2 Å². The first-order valence-electron chi connectivity index (χ1n) is 5.38. The van der Waals surface area contributed by atoms with Gasteiger partial charge in [-0.15, -0.1) is 11.8 Å². The predicted molar refractivity (Wildman–Crippen MR) is 69.6 cm³/mol. The maximum Gasteiger partial charge on any atom is 0.221 e. The van der Waals surface area contributed by atoms with Crippen molar-refractivity contribution in [1.29, 1.82) is 0 Å². The Morgan fingerprint density at radius 3 is 2.82 bits per heavy atom. The number of carbonyl (C=O) groups excluding carboxylic acids is 1. The molecule has 92 valence electrons. The molecule has 0 fully saturated rings. The van der Waals surface area contributed by atoms with Gasteiger partial charge in [-0.2, -0.15) is 0 Å². The summed E-state index contributed by atoms with van der Waals surface area (Å²) in [5.74, 6) is 0.305. The van der Waals surface area contributed by atoms with Gasteiger partial charge in [-0.25, -0.2) is 4.39 Å². The predicted octanol–water partition coefficient (Wildman–Crippen LogP) is 3.00. The van der Waals surface area contributed by atoms with Crippen molar-refractivity contribution in [3.05, 3.63) is 42.2 Å². The van der Waals surface area contributed by atoms with E-state index in [1.807, 2.05) is 6.92 Å². The lowest BCUT2D eigenvalue weighted by atomic mass is 10.3. The molecule has 1 amide bonds. The number of amides is 1. The molecule has 0 aliphatic carbocycles. The summed E-state index contributed by atoms with van der Waals surface area (Å²) in [6.45, 7) is 6.06. The summed E-state index contributed by atoms with van der Waals surface area (Å²) in [7, 11) is 0. The Morgan fingerprint density at radius 2 is 2.18 bits per heavy atom. The molecule has 0 aromatic heterocycles. The van der Waals surface area contributed by atoms with Crippen LogP contribution in [0.15, 0.2) is 41.3 Å². The molecule has 0 heterocycles. The molecule has 0 saturated heterocycles. The van der Waals surface area contributed by atoms with Crippen LogP contribution in [0, 0.1) is 5.82 Å². The van der Waals surface area contributed by atoms with Crippen LogP contribution in [-0.4, -0.2) is 18.2 Å². The van der Waals surface area contributed by atoms with E-state index in [0.29, 0.717) is 23.6 Å². The highest BCUT2D eigenvalue weighted by molar-refractivity contribution is 7.99. The highest BCUT2D eigenvalue weighted by Gasteiger charge is 2.04. The van der Waals surface area contributed by atoms with Gasteiger partial charge >= 0.3 is 0 Å². The minimum atomic E-state index is -0.236. The van der Waals surface area contributed by atoms with E-state index in [0.717, 1.165) is 5.57 Å². The van der Waals surface area contributed by atoms with E-state index in [4.69, 9.17) is 0 Å². The lowest BCUT2D eigenvalue weighted by Gasteiger charge is -2.05. The van der Waals surface area contributed by atoms with Gasteiger partial charge in [-0.1, -0.05) is 24.3 Å². The average molecular weight is 253 g/mol. The second-order valence-corrected chi connectivity index (χ2v) is 4.90. The van der Waals surface area contributed by atoms with Crippen molar-refractivity contribution in [3.63, 3.8) is 0 Å². The monoisotopic (exact) mass is 253 g/mol. The van der Waals surface area contributed by atoms with Gasteiger partial charge < -0.3 is 5.32 Å². The summed E-state index contributed by atoms with van der Waals surface area (Å²) in [6.07, 6.45) is 0.381. The Balaban J connectivity index is 2.26. The first kappa shape index (κ1) is 13.8. The summed E-state index contributed by atoms with van der Waals surface area (Å²) in [6, 6.07) is 6.57. The summed E-state index contributed by atoms with van der Waals surface area (Å²) < 4.78 is 13.2. The van der Waals surface area contributed by atoms with Crippen molar-refractivity contribution >= 4 is 17.7 Å². The molecule has 0 radical (unpaired) electrons. The van der Waals surface area contributed by atoms with Gasteiger partial charge in [0.1, 0.15) is 5.82 Å². The molecule has 17 heavy (non-hydrogen) atoms. The fourth-order valence-electron chi connectivity index (χ4n) is 1.15. The van der Waals surface area contributed by atoms with Crippen LogP contribution in [0.2, 0.25) is 0 Å². The van der Waals surface area contributed by atoms with Gasteiger partial charge in [-0.05, 0) is 19.1 Å². The molecule has 1 rings (SSSR count). The minimum Gasteiger partial charge on any atom is -0.352 e. The SMILES string of the molecule is C=C(C)CNC(=O)CCSc1ccccc1F. The van der Waals surface area contributed by atoms with E-state index < -0.39 is 0 Å². The molecule has 4 heteroatoms. The normalized spacial score (nSPS) is 10.0. The molecule has 0 saturated carbocycles. The summed E-state index contributed by atoms with van der Waals surface area (Å²) >= 11 is 1.35. The Morgan fingerprint density at radius 1 is 1.47 bits per heavy atom. The van der Waals surface area contributed by atoms with Crippen LogP contribution in [0.3, 0.4) is 0 Å². The maximum absolute atomic E-state index is 13.2. The van der Waals surface area contributed by atoms with E-state index in [9.17, 15) is 9.18 Å². The van der Waals surface area contributed by atoms with Crippen molar-refractivity contribution in [2.45, 2.75) is 18.2 Å². The van der Waals surface area contributed by atoms with Gasteiger partial charge in [-0.3, -0.25) is 4.79 Å². The quantitative estimate of drug-likeness (QED) is 0.623. The van der Waals surface area contributed by atoms with Gasteiger partial charge in [0.05, 0.1) is 0 Å². The maximum atomic E-state index is 13.2. The minimum absolute atomic E-state index is 0.0307. The fraction of sp³-hybridized carbons (Fsp3) is 0.308. The number of halogens is 1. The van der Waals surface area contributed by atoms with E-state index in [1.165, 1.54) is 17.8 Å². The van der Waals surface area contributed by atoms with Crippen molar-refractivity contribution in [3.8, 4) is 0 Å². The standard InChI is InChI=1S/C13H16FNOS/c1-10(2)9-15-13(16)7-8-17-12-6-4-3-5-11(12)14/h3-6H,1,7-9H2,2H3,(H,15,16). The smallest absolute Gasteiger partial charge is 0.221 e. The highest BCUT2D eigenvalue weighted by atomic mass is 32.2. The zero-order chi connectivity index (χ0) is 12.7. The van der Waals surface area contributed by atoms with Crippen LogP contribution in [0.25, 0.3) is 0 Å². The van der Waals surface area contributed by atoms with E-state index in [-0.39, 0.29) is 11.7 Å². The largest absolute Gasteiger partial charge is 0.352 e. The van der Waals surface area contributed by atoms with Crippen LogP contribution in [0.1, 0.15) is 13.3 Å². The Bertz CT molecular complexity index is 406. The number of carbonyl (C=O) groups is 1. The van der Waals surface area contributed by atoms with Crippen LogP contribution in [0.5, 0.6) is 0 Å². The average Bonchev–Trinajstić information content (AvgIpc) is 2.29. The van der Waals surface area contributed by atoms with Gasteiger partial charge in [0.15, 0.2) is 0 Å². The molecule has 1 aromatic carbocycles.